The molecule has 1 nitrogen and oxygen atoms in total. The molecule has 0 unspecified atom stereocenters. The van der Waals surface area contributed by atoms with E-state index in [0.29, 0.717) is 10.8 Å². The minimum Gasteiger partial charge on any atom is -0.249 e. The summed E-state index contributed by atoms with van der Waals surface area (Å²) in [7, 11) is 0. The van der Waals surface area contributed by atoms with Crippen molar-refractivity contribution >= 4 is 26.8 Å². The third-order valence-corrected chi connectivity index (χ3v) is 2.44. The highest BCUT2D eigenvalue weighted by molar-refractivity contribution is 9.08. The van der Waals surface area contributed by atoms with Crippen LogP contribution in [0.15, 0.2) is 30.3 Å². The first kappa shape index (κ1) is 8.63. The number of hydrogen-bond donors (Lipinski definition) is 0. The average molecular weight is 240 g/mol. The summed E-state index contributed by atoms with van der Waals surface area (Å²) >= 11 is 3.28. The van der Waals surface area contributed by atoms with E-state index in [2.05, 4.69) is 20.9 Å². The van der Waals surface area contributed by atoms with Crippen molar-refractivity contribution in [3.63, 3.8) is 0 Å². The predicted molar refractivity (Wildman–Crippen MR) is 54.3 cm³/mol. The molecule has 1 aromatic carbocycles. The van der Waals surface area contributed by atoms with Gasteiger partial charge in [-0.15, -0.1) is 0 Å². The highest BCUT2D eigenvalue weighted by Crippen LogP contribution is 2.16. The Morgan fingerprint density at radius 3 is 2.85 bits per heavy atom. The van der Waals surface area contributed by atoms with Crippen LogP contribution in [0.5, 0.6) is 0 Å². The highest BCUT2D eigenvalue weighted by Gasteiger charge is 2.01. The van der Waals surface area contributed by atoms with Gasteiger partial charge in [0.15, 0.2) is 0 Å². The van der Waals surface area contributed by atoms with Gasteiger partial charge in [-0.1, -0.05) is 34.1 Å². The molecule has 0 aliphatic carbocycles. The molecule has 0 N–H and O–H groups in total. The van der Waals surface area contributed by atoms with Crippen LogP contribution >= 0.6 is 15.9 Å². The summed E-state index contributed by atoms with van der Waals surface area (Å²) < 4.78 is 13.2. The summed E-state index contributed by atoms with van der Waals surface area (Å²) in [5.41, 5.74) is 1.29. The Balaban J connectivity index is 2.74. The van der Waals surface area contributed by atoms with Crippen LogP contribution in [0.25, 0.3) is 10.9 Å². The molecule has 0 radical (unpaired) electrons. The maximum Gasteiger partial charge on any atom is 0.149 e. The first-order valence-electron chi connectivity index (χ1n) is 3.91. The summed E-state index contributed by atoms with van der Waals surface area (Å²) in [5, 5.41) is 1.49. The van der Waals surface area contributed by atoms with Crippen LogP contribution in [0.2, 0.25) is 0 Å². The molecule has 13 heavy (non-hydrogen) atoms. The Labute approximate surface area is 83.7 Å². The Hall–Kier alpha value is -0.960. The van der Waals surface area contributed by atoms with Gasteiger partial charge in [-0.25, -0.2) is 9.37 Å². The van der Waals surface area contributed by atoms with Gasteiger partial charge in [0.25, 0.3) is 0 Å². The third kappa shape index (κ3) is 1.56. The number of fused-ring (bicyclic) bond motifs is 1. The molecule has 0 atom stereocenters. The molecule has 0 bridgehead atoms. The third-order valence-electron chi connectivity index (χ3n) is 1.87. The number of para-hydroxylation sites is 1. The van der Waals surface area contributed by atoms with E-state index in [1.165, 1.54) is 6.07 Å². The highest BCUT2D eigenvalue weighted by atomic mass is 79.9. The molecule has 0 saturated heterocycles. The van der Waals surface area contributed by atoms with Gasteiger partial charge in [0.2, 0.25) is 0 Å². The second kappa shape index (κ2) is 3.42. The molecule has 66 valence electrons. The van der Waals surface area contributed by atoms with Crippen molar-refractivity contribution in [2.24, 2.45) is 0 Å². The van der Waals surface area contributed by atoms with E-state index in [9.17, 15) is 4.39 Å². The number of nitrogens with zero attached hydrogens (tertiary/aromatic N) is 1. The molecular formula is C10H7BrFN. The normalized spacial score (nSPS) is 10.6. The standard InChI is InChI=1S/C10H7BrFN/c11-6-8-5-4-7-2-1-3-9(12)10(7)13-8/h1-5H,6H2. The molecule has 0 amide bonds. The monoisotopic (exact) mass is 239 g/mol. The summed E-state index contributed by atoms with van der Waals surface area (Å²) in [5.74, 6) is -0.264. The molecule has 0 aliphatic rings. The van der Waals surface area contributed by atoms with E-state index in [0.717, 1.165) is 11.1 Å². The fraction of sp³-hybridized carbons (Fsp3) is 0.100. The number of benzene rings is 1. The summed E-state index contributed by atoms with van der Waals surface area (Å²) in [6.07, 6.45) is 0. The predicted octanol–water partition coefficient (Wildman–Crippen LogP) is 3.27. The van der Waals surface area contributed by atoms with E-state index >= 15 is 0 Å². The smallest absolute Gasteiger partial charge is 0.149 e. The maximum atomic E-state index is 13.2. The van der Waals surface area contributed by atoms with Gasteiger partial charge in [-0.3, -0.25) is 0 Å². The number of alkyl halides is 1. The van der Waals surface area contributed by atoms with E-state index in [4.69, 9.17) is 0 Å². The van der Waals surface area contributed by atoms with Gasteiger partial charge in [-0.2, -0.15) is 0 Å². The zero-order valence-corrected chi connectivity index (χ0v) is 8.38. The summed E-state index contributed by atoms with van der Waals surface area (Å²) in [6.45, 7) is 0. The van der Waals surface area contributed by atoms with Crippen molar-refractivity contribution in [2.45, 2.75) is 5.33 Å². The van der Waals surface area contributed by atoms with Crippen molar-refractivity contribution in [3.05, 3.63) is 41.8 Å². The zero-order valence-electron chi connectivity index (χ0n) is 6.80. The van der Waals surface area contributed by atoms with E-state index in [1.807, 2.05) is 18.2 Å². The molecule has 0 spiro atoms. The van der Waals surface area contributed by atoms with Gasteiger partial charge >= 0.3 is 0 Å². The average Bonchev–Trinajstić information content (AvgIpc) is 2.18. The van der Waals surface area contributed by atoms with Gasteiger partial charge in [-0.05, 0) is 12.1 Å². The molecule has 1 heterocycles. The largest absolute Gasteiger partial charge is 0.249 e. The van der Waals surface area contributed by atoms with Crippen molar-refractivity contribution in [2.75, 3.05) is 0 Å². The van der Waals surface area contributed by atoms with Crippen molar-refractivity contribution in [1.82, 2.24) is 4.98 Å². The SMILES string of the molecule is Fc1cccc2ccc(CBr)nc12. The lowest BCUT2D eigenvalue weighted by Crippen LogP contribution is -1.88. The van der Waals surface area contributed by atoms with Crippen LogP contribution in [0.4, 0.5) is 4.39 Å². The first-order valence-corrected chi connectivity index (χ1v) is 5.03. The first-order chi connectivity index (χ1) is 6.31. The lowest BCUT2D eigenvalue weighted by Gasteiger charge is -2.00. The van der Waals surface area contributed by atoms with Crippen molar-refractivity contribution in [3.8, 4) is 0 Å². The molecule has 0 saturated carbocycles. The fourth-order valence-corrected chi connectivity index (χ4v) is 1.54. The van der Waals surface area contributed by atoms with E-state index < -0.39 is 0 Å². The maximum absolute atomic E-state index is 13.2. The Morgan fingerprint density at radius 1 is 1.23 bits per heavy atom. The number of pyridine rings is 1. The molecule has 3 heteroatoms. The quantitative estimate of drug-likeness (QED) is 0.697. The second-order valence-corrected chi connectivity index (χ2v) is 3.31. The zero-order chi connectivity index (χ0) is 9.26. The second-order valence-electron chi connectivity index (χ2n) is 2.75. The number of hydrogen-bond acceptors (Lipinski definition) is 1. The van der Waals surface area contributed by atoms with Gasteiger partial charge < -0.3 is 0 Å². The van der Waals surface area contributed by atoms with Crippen molar-refractivity contribution in [1.29, 1.82) is 0 Å². The van der Waals surface area contributed by atoms with E-state index in [-0.39, 0.29) is 5.82 Å². The molecule has 0 fully saturated rings. The minimum absolute atomic E-state index is 0.264. The van der Waals surface area contributed by atoms with Gasteiger partial charge in [0.05, 0.1) is 5.69 Å². The van der Waals surface area contributed by atoms with Crippen LogP contribution in [0.3, 0.4) is 0 Å². The molecule has 0 aliphatic heterocycles. The minimum atomic E-state index is -0.264. The van der Waals surface area contributed by atoms with Crippen LogP contribution in [0, 0.1) is 5.82 Å². The number of halogens is 2. The molecule has 2 rings (SSSR count). The number of rotatable bonds is 1. The molecule has 2 aromatic rings. The van der Waals surface area contributed by atoms with Crippen LogP contribution in [0.1, 0.15) is 5.69 Å². The lowest BCUT2D eigenvalue weighted by molar-refractivity contribution is 0.636. The van der Waals surface area contributed by atoms with Gasteiger partial charge in [0.1, 0.15) is 11.3 Å². The van der Waals surface area contributed by atoms with E-state index in [1.54, 1.807) is 6.07 Å². The number of aromatic nitrogens is 1. The lowest BCUT2D eigenvalue weighted by atomic mass is 10.2. The molecule has 1 aromatic heterocycles. The van der Waals surface area contributed by atoms with Gasteiger partial charge in [0, 0.05) is 10.7 Å². The topological polar surface area (TPSA) is 12.9 Å². The van der Waals surface area contributed by atoms with Crippen LogP contribution in [-0.4, -0.2) is 4.98 Å². The fourth-order valence-electron chi connectivity index (χ4n) is 1.23. The Kier molecular flexibility index (Phi) is 2.27. The summed E-state index contributed by atoms with van der Waals surface area (Å²) in [6, 6.07) is 8.72. The Morgan fingerprint density at radius 2 is 2.08 bits per heavy atom. The molecular weight excluding hydrogens is 233 g/mol. The Bertz CT molecular complexity index is 442. The van der Waals surface area contributed by atoms with Crippen LogP contribution < -0.4 is 0 Å². The summed E-state index contributed by atoms with van der Waals surface area (Å²) in [4.78, 5) is 4.17. The van der Waals surface area contributed by atoms with Crippen LogP contribution in [-0.2, 0) is 5.33 Å². The van der Waals surface area contributed by atoms with Crippen molar-refractivity contribution < 1.29 is 4.39 Å².